The van der Waals surface area contributed by atoms with Crippen molar-refractivity contribution < 1.29 is 9.21 Å². The molecule has 20 heavy (non-hydrogen) atoms. The first-order chi connectivity index (χ1) is 9.54. The van der Waals surface area contributed by atoms with E-state index in [-0.39, 0.29) is 11.9 Å². The van der Waals surface area contributed by atoms with E-state index in [2.05, 4.69) is 5.32 Å². The maximum atomic E-state index is 12.1. The molecular formula is C16H20N2O2. The molecule has 4 nitrogen and oxygen atoms in total. The van der Waals surface area contributed by atoms with Gasteiger partial charge in [0.2, 0.25) is 0 Å². The molecule has 3 N–H and O–H groups in total. The maximum absolute atomic E-state index is 12.1. The second-order valence-electron chi connectivity index (χ2n) is 5.12. The Kier molecular flexibility index (Phi) is 4.45. The standard InChI is InChI=1S/C16H20N2O2/c1-11-8-13(10-14(17)9-11)16(19)18-12(2)5-6-15-4-3-7-20-15/h3-4,7-10,12H,5-6,17H2,1-2H3,(H,18,19). The van der Waals surface area contributed by atoms with Gasteiger partial charge in [0.1, 0.15) is 5.76 Å². The van der Waals surface area contributed by atoms with E-state index in [1.165, 1.54) is 0 Å². The zero-order valence-electron chi connectivity index (χ0n) is 11.8. The first kappa shape index (κ1) is 14.2. The summed E-state index contributed by atoms with van der Waals surface area (Å²) in [5, 5.41) is 2.98. The minimum absolute atomic E-state index is 0.0781. The Morgan fingerprint density at radius 3 is 2.85 bits per heavy atom. The Labute approximate surface area is 119 Å². The number of aryl methyl sites for hydroxylation is 2. The minimum atomic E-state index is -0.0904. The molecule has 2 rings (SSSR count). The van der Waals surface area contributed by atoms with Crippen molar-refractivity contribution in [3.63, 3.8) is 0 Å². The van der Waals surface area contributed by atoms with E-state index in [1.54, 1.807) is 12.3 Å². The molecule has 0 bridgehead atoms. The predicted molar refractivity (Wildman–Crippen MR) is 79.5 cm³/mol. The molecule has 0 saturated carbocycles. The molecule has 0 aliphatic rings. The number of hydrogen-bond acceptors (Lipinski definition) is 3. The fraction of sp³-hybridized carbons (Fsp3) is 0.312. The predicted octanol–water partition coefficient (Wildman–Crippen LogP) is 2.92. The minimum Gasteiger partial charge on any atom is -0.469 e. The number of furan rings is 1. The van der Waals surface area contributed by atoms with Crippen molar-refractivity contribution in [2.24, 2.45) is 0 Å². The summed E-state index contributed by atoms with van der Waals surface area (Å²) < 4.78 is 5.28. The van der Waals surface area contributed by atoms with Crippen LogP contribution in [0.2, 0.25) is 0 Å². The number of hydrogen-bond donors (Lipinski definition) is 2. The highest BCUT2D eigenvalue weighted by Crippen LogP contribution is 2.12. The van der Waals surface area contributed by atoms with E-state index >= 15 is 0 Å². The average molecular weight is 272 g/mol. The number of nitrogen functional groups attached to an aromatic ring is 1. The lowest BCUT2D eigenvalue weighted by Gasteiger charge is -2.13. The molecule has 0 fully saturated rings. The Balaban J connectivity index is 1.90. The SMILES string of the molecule is Cc1cc(N)cc(C(=O)NC(C)CCc2ccco2)c1. The van der Waals surface area contributed by atoms with Crippen LogP contribution in [0.1, 0.15) is 35.0 Å². The Morgan fingerprint density at radius 1 is 1.40 bits per heavy atom. The Bertz CT molecular complexity index is 556. The van der Waals surface area contributed by atoms with Crippen molar-refractivity contribution in [1.29, 1.82) is 0 Å². The van der Waals surface area contributed by atoms with Crippen LogP contribution in [0.4, 0.5) is 5.69 Å². The molecule has 1 atom stereocenters. The molecule has 2 aromatic rings. The summed E-state index contributed by atoms with van der Waals surface area (Å²) in [6.45, 7) is 3.91. The third kappa shape index (κ3) is 3.88. The summed E-state index contributed by atoms with van der Waals surface area (Å²) in [5.41, 5.74) is 7.96. The van der Waals surface area contributed by atoms with Gasteiger partial charge in [-0.25, -0.2) is 0 Å². The van der Waals surface area contributed by atoms with Crippen LogP contribution in [0.3, 0.4) is 0 Å². The van der Waals surface area contributed by atoms with E-state index in [0.717, 1.165) is 24.2 Å². The number of nitrogens with two attached hydrogens (primary N) is 1. The van der Waals surface area contributed by atoms with E-state index in [9.17, 15) is 4.79 Å². The fourth-order valence-electron chi connectivity index (χ4n) is 2.14. The second-order valence-corrected chi connectivity index (χ2v) is 5.12. The molecule has 0 aliphatic heterocycles. The molecule has 1 aromatic carbocycles. The van der Waals surface area contributed by atoms with Crippen molar-refractivity contribution in [3.05, 3.63) is 53.5 Å². The van der Waals surface area contributed by atoms with Gasteiger partial charge in [-0.2, -0.15) is 0 Å². The van der Waals surface area contributed by atoms with Gasteiger partial charge in [-0.15, -0.1) is 0 Å². The number of carbonyl (C=O) groups excluding carboxylic acids is 1. The van der Waals surface area contributed by atoms with Crippen LogP contribution in [0.25, 0.3) is 0 Å². The molecule has 1 aromatic heterocycles. The van der Waals surface area contributed by atoms with Crippen molar-refractivity contribution in [2.75, 3.05) is 5.73 Å². The zero-order valence-corrected chi connectivity index (χ0v) is 11.8. The van der Waals surface area contributed by atoms with Crippen LogP contribution >= 0.6 is 0 Å². The molecule has 0 spiro atoms. The number of benzene rings is 1. The highest BCUT2D eigenvalue weighted by molar-refractivity contribution is 5.95. The summed E-state index contributed by atoms with van der Waals surface area (Å²) in [4.78, 5) is 12.1. The van der Waals surface area contributed by atoms with Crippen molar-refractivity contribution in [2.45, 2.75) is 32.7 Å². The van der Waals surface area contributed by atoms with Gasteiger partial charge < -0.3 is 15.5 Å². The lowest BCUT2D eigenvalue weighted by Crippen LogP contribution is -2.33. The smallest absolute Gasteiger partial charge is 0.251 e. The average Bonchev–Trinajstić information content (AvgIpc) is 2.88. The molecule has 4 heteroatoms. The van der Waals surface area contributed by atoms with E-state index in [4.69, 9.17) is 10.2 Å². The first-order valence-electron chi connectivity index (χ1n) is 6.75. The lowest BCUT2D eigenvalue weighted by atomic mass is 10.1. The normalized spacial score (nSPS) is 12.1. The highest BCUT2D eigenvalue weighted by atomic mass is 16.3. The molecule has 0 saturated heterocycles. The highest BCUT2D eigenvalue weighted by Gasteiger charge is 2.11. The van der Waals surface area contributed by atoms with Crippen LogP contribution in [-0.2, 0) is 6.42 Å². The van der Waals surface area contributed by atoms with Gasteiger partial charge in [0.25, 0.3) is 5.91 Å². The first-order valence-corrected chi connectivity index (χ1v) is 6.75. The quantitative estimate of drug-likeness (QED) is 0.822. The number of carbonyl (C=O) groups is 1. The van der Waals surface area contributed by atoms with Gasteiger partial charge in [0.15, 0.2) is 0 Å². The van der Waals surface area contributed by atoms with Crippen LogP contribution in [0.5, 0.6) is 0 Å². The third-order valence-corrected chi connectivity index (χ3v) is 3.14. The molecule has 1 heterocycles. The molecule has 0 radical (unpaired) electrons. The van der Waals surface area contributed by atoms with Gasteiger partial charge in [0.05, 0.1) is 6.26 Å². The van der Waals surface area contributed by atoms with E-state index in [0.29, 0.717) is 11.3 Å². The number of amides is 1. The molecule has 1 amide bonds. The van der Waals surface area contributed by atoms with Crippen LogP contribution in [0.15, 0.2) is 41.0 Å². The van der Waals surface area contributed by atoms with Gasteiger partial charge in [-0.05, 0) is 56.2 Å². The van der Waals surface area contributed by atoms with Crippen molar-refractivity contribution in [3.8, 4) is 0 Å². The summed E-state index contributed by atoms with van der Waals surface area (Å²) in [7, 11) is 0. The topological polar surface area (TPSA) is 68.3 Å². The monoisotopic (exact) mass is 272 g/mol. The molecule has 1 unspecified atom stereocenters. The van der Waals surface area contributed by atoms with Crippen LogP contribution in [0, 0.1) is 6.92 Å². The summed E-state index contributed by atoms with van der Waals surface area (Å²) in [6, 6.07) is 9.27. The Hall–Kier alpha value is -2.23. The third-order valence-electron chi connectivity index (χ3n) is 3.14. The van der Waals surface area contributed by atoms with Crippen LogP contribution < -0.4 is 11.1 Å². The lowest BCUT2D eigenvalue weighted by molar-refractivity contribution is 0.0938. The van der Waals surface area contributed by atoms with Crippen molar-refractivity contribution in [1.82, 2.24) is 5.32 Å². The van der Waals surface area contributed by atoms with Gasteiger partial charge in [-0.3, -0.25) is 4.79 Å². The van der Waals surface area contributed by atoms with Gasteiger partial charge >= 0.3 is 0 Å². The zero-order chi connectivity index (χ0) is 14.5. The summed E-state index contributed by atoms with van der Waals surface area (Å²) in [6.07, 6.45) is 3.30. The summed E-state index contributed by atoms with van der Waals surface area (Å²) in [5.74, 6) is 0.846. The Morgan fingerprint density at radius 2 is 2.20 bits per heavy atom. The van der Waals surface area contributed by atoms with E-state index < -0.39 is 0 Å². The second kappa shape index (κ2) is 6.28. The number of rotatable bonds is 5. The fourth-order valence-corrected chi connectivity index (χ4v) is 2.14. The number of anilines is 1. The van der Waals surface area contributed by atoms with Crippen LogP contribution in [-0.4, -0.2) is 11.9 Å². The molecular weight excluding hydrogens is 252 g/mol. The van der Waals surface area contributed by atoms with Gasteiger partial charge in [-0.1, -0.05) is 0 Å². The number of nitrogens with one attached hydrogen (secondary N) is 1. The molecule has 0 aliphatic carbocycles. The molecule has 106 valence electrons. The van der Waals surface area contributed by atoms with E-state index in [1.807, 2.05) is 38.1 Å². The van der Waals surface area contributed by atoms with Crippen molar-refractivity contribution >= 4 is 11.6 Å². The van der Waals surface area contributed by atoms with Gasteiger partial charge in [0, 0.05) is 23.7 Å². The summed E-state index contributed by atoms with van der Waals surface area (Å²) >= 11 is 0. The maximum Gasteiger partial charge on any atom is 0.251 e. The largest absolute Gasteiger partial charge is 0.469 e.